The van der Waals surface area contributed by atoms with Gasteiger partial charge in [0.15, 0.2) is 0 Å². The molecule has 1 unspecified atom stereocenters. The highest BCUT2D eigenvalue weighted by Gasteiger charge is 2.33. The summed E-state index contributed by atoms with van der Waals surface area (Å²) in [5.41, 5.74) is 0.973. The van der Waals surface area contributed by atoms with Crippen molar-refractivity contribution < 1.29 is 14.3 Å². The summed E-state index contributed by atoms with van der Waals surface area (Å²) in [6, 6.07) is 5.61. The summed E-state index contributed by atoms with van der Waals surface area (Å²) in [5.74, 6) is 0.717. The van der Waals surface area contributed by atoms with Gasteiger partial charge >= 0.3 is 0 Å². The van der Waals surface area contributed by atoms with Crippen molar-refractivity contribution in [3.05, 3.63) is 23.8 Å². The van der Waals surface area contributed by atoms with Crippen LogP contribution in [-0.2, 0) is 9.53 Å². The van der Waals surface area contributed by atoms with E-state index in [1.54, 1.807) is 7.11 Å². The summed E-state index contributed by atoms with van der Waals surface area (Å²) in [4.78, 5) is 12.5. The summed E-state index contributed by atoms with van der Waals surface area (Å²) < 4.78 is 11.0. The molecule has 0 fully saturated rings. The van der Waals surface area contributed by atoms with Gasteiger partial charge in [-0.1, -0.05) is 20.3 Å². The molecule has 0 bridgehead atoms. The first-order chi connectivity index (χ1) is 9.96. The molecule has 4 nitrogen and oxygen atoms in total. The number of nitrogens with one attached hydrogen (secondary N) is 1. The topological polar surface area (TPSA) is 47.6 Å². The molecule has 4 heteroatoms. The zero-order chi connectivity index (χ0) is 15.9. The fraction of sp³-hybridized carbons (Fsp3) is 0.588. The number of hydrogen-bond acceptors (Lipinski definition) is 3. The number of carbonyl (C=O) groups excluding carboxylic acids is 1. The van der Waals surface area contributed by atoms with Crippen LogP contribution in [0.3, 0.4) is 0 Å². The zero-order valence-electron chi connectivity index (χ0n) is 13.8. The number of anilines is 1. The van der Waals surface area contributed by atoms with Gasteiger partial charge in [0.25, 0.3) is 5.91 Å². The van der Waals surface area contributed by atoms with Gasteiger partial charge < -0.3 is 14.8 Å². The van der Waals surface area contributed by atoms with Crippen LogP contribution in [-0.4, -0.2) is 25.2 Å². The predicted octanol–water partition coefficient (Wildman–Crippen LogP) is 3.93. The number of hydrogen-bond donors (Lipinski definition) is 1. The summed E-state index contributed by atoms with van der Waals surface area (Å²) in [7, 11) is 1.64. The minimum atomic E-state index is -0.779. The molecule has 0 spiro atoms. The fourth-order valence-corrected chi connectivity index (χ4v) is 2.28. The largest absolute Gasteiger partial charge is 0.496 e. The van der Waals surface area contributed by atoms with Crippen LogP contribution in [0.1, 0.15) is 45.6 Å². The van der Waals surface area contributed by atoms with Crippen LogP contribution in [0, 0.1) is 6.92 Å². The number of aryl methyl sites for hydroxylation is 1. The normalized spacial score (nSPS) is 13.6. The lowest BCUT2D eigenvalue weighted by Gasteiger charge is -2.28. The van der Waals surface area contributed by atoms with Gasteiger partial charge in [0.1, 0.15) is 11.4 Å². The van der Waals surface area contributed by atoms with Crippen molar-refractivity contribution in [1.29, 1.82) is 0 Å². The molecule has 0 radical (unpaired) electrons. The van der Waals surface area contributed by atoms with Crippen molar-refractivity contribution >= 4 is 11.6 Å². The summed E-state index contributed by atoms with van der Waals surface area (Å²) in [5, 5.41) is 2.95. The standard InChI is InChI=1S/C17H27NO3/c1-6-10-17(4,21-11-7-2)16(19)18-14-8-9-15(20-5)13(3)12-14/h8-9,12H,6-7,10-11H2,1-5H3,(H,18,19). The first-order valence-electron chi connectivity index (χ1n) is 7.57. The van der Waals surface area contributed by atoms with Crippen LogP contribution < -0.4 is 10.1 Å². The Morgan fingerprint density at radius 1 is 1.29 bits per heavy atom. The van der Waals surface area contributed by atoms with Gasteiger partial charge in [-0.25, -0.2) is 0 Å². The molecule has 0 aromatic heterocycles. The van der Waals surface area contributed by atoms with Crippen LogP contribution in [0.15, 0.2) is 18.2 Å². The minimum Gasteiger partial charge on any atom is -0.496 e. The average molecular weight is 293 g/mol. The summed E-state index contributed by atoms with van der Waals surface area (Å²) >= 11 is 0. The maximum atomic E-state index is 12.5. The quantitative estimate of drug-likeness (QED) is 0.790. The number of methoxy groups -OCH3 is 1. The molecule has 1 aromatic carbocycles. The minimum absolute atomic E-state index is 0.0950. The van der Waals surface area contributed by atoms with Crippen LogP contribution in [0.2, 0.25) is 0 Å². The molecule has 0 aliphatic heterocycles. The van der Waals surface area contributed by atoms with Gasteiger partial charge in [-0.15, -0.1) is 0 Å². The predicted molar refractivity (Wildman–Crippen MR) is 85.9 cm³/mol. The van der Waals surface area contributed by atoms with Gasteiger partial charge in [-0.2, -0.15) is 0 Å². The SMILES string of the molecule is CCCOC(C)(CCC)C(=O)Nc1ccc(OC)c(C)c1. The Bertz CT molecular complexity index is 473. The lowest BCUT2D eigenvalue weighted by Crippen LogP contribution is -2.43. The lowest BCUT2D eigenvalue weighted by molar-refractivity contribution is -0.140. The number of amides is 1. The molecule has 21 heavy (non-hydrogen) atoms. The van der Waals surface area contributed by atoms with E-state index >= 15 is 0 Å². The van der Waals surface area contributed by atoms with Crippen molar-refractivity contribution in [2.75, 3.05) is 19.0 Å². The van der Waals surface area contributed by atoms with Crippen molar-refractivity contribution in [2.45, 2.75) is 52.6 Å². The molecule has 1 amide bonds. The van der Waals surface area contributed by atoms with Crippen molar-refractivity contribution in [3.8, 4) is 5.75 Å². The Kier molecular flexibility index (Phi) is 6.69. The van der Waals surface area contributed by atoms with E-state index in [1.165, 1.54) is 0 Å². The monoisotopic (exact) mass is 293 g/mol. The number of rotatable bonds is 8. The lowest BCUT2D eigenvalue weighted by atomic mass is 9.99. The Hall–Kier alpha value is -1.55. The molecule has 0 aliphatic rings. The van der Waals surface area contributed by atoms with Crippen LogP contribution in [0.5, 0.6) is 5.75 Å². The Labute approximate surface area is 127 Å². The first-order valence-corrected chi connectivity index (χ1v) is 7.57. The van der Waals surface area contributed by atoms with Gasteiger partial charge in [0.2, 0.25) is 0 Å². The van der Waals surface area contributed by atoms with Crippen molar-refractivity contribution in [3.63, 3.8) is 0 Å². The second kappa shape index (κ2) is 8.03. The van der Waals surface area contributed by atoms with E-state index in [0.29, 0.717) is 13.0 Å². The number of ether oxygens (including phenoxy) is 2. The molecule has 1 atom stereocenters. The third-order valence-corrected chi connectivity index (χ3v) is 3.48. The molecular formula is C17H27NO3. The van der Waals surface area contributed by atoms with E-state index < -0.39 is 5.60 Å². The van der Waals surface area contributed by atoms with Gasteiger partial charge in [-0.05, 0) is 50.5 Å². The van der Waals surface area contributed by atoms with Crippen LogP contribution in [0.25, 0.3) is 0 Å². The third kappa shape index (κ3) is 4.74. The van der Waals surface area contributed by atoms with Gasteiger partial charge in [-0.3, -0.25) is 4.79 Å². The summed E-state index contributed by atoms with van der Waals surface area (Å²) in [6.45, 7) is 8.49. The van der Waals surface area contributed by atoms with Crippen LogP contribution >= 0.6 is 0 Å². The number of carbonyl (C=O) groups is 1. The molecule has 0 aliphatic carbocycles. The van der Waals surface area contributed by atoms with E-state index in [9.17, 15) is 4.79 Å². The van der Waals surface area contributed by atoms with Gasteiger partial charge in [0, 0.05) is 12.3 Å². The molecule has 1 rings (SSSR count). The molecular weight excluding hydrogens is 266 g/mol. The highest BCUT2D eigenvalue weighted by Crippen LogP contribution is 2.24. The van der Waals surface area contributed by atoms with Crippen molar-refractivity contribution in [1.82, 2.24) is 0 Å². The Morgan fingerprint density at radius 3 is 2.52 bits per heavy atom. The molecule has 0 saturated carbocycles. The van der Waals surface area contributed by atoms with Crippen molar-refractivity contribution in [2.24, 2.45) is 0 Å². The molecule has 0 heterocycles. The molecule has 118 valence electrons. The zero-order valence-corrected chi connectivity index (χ0v) is 13.8. The van der Waals surface area contributed by atoms with E-state index in [4.69, 9.17) is 9.47 Å². The van der Waals surface area contributed by atoms with Gasteiger partial charge in [0.05, 0.1) is 7.11 Å². The summed E-state index contributed by atoms with van der Waals surface area (Å²) in [6.07, 6.45) is 2.50. The fourth-order valence-electron chi connectivity index (χ4n) is 2.28. The second-order valence-electron chi connectivity index (χ2n) is 5.47. The second-order valence-corrected chi connectivity index (χ2v) is 5.47. The van der Waals surface area contributed by atoms with E-state index in [1.807, 2.05) is 39.0 Å². The molecule has 1 aromatic rings. The highest BCUT2D eigenvalue weighted by molar-refractivity contribution is 5.97. The smallest absolute Gasteiger partial charge is 0.256 e. The first kappa shape index (κ1) is 17.5. The molecule has 0 saturated heterocycles. The van der Waals surface area contributed by atoms with E-state index in [2.05, 4.69) is 12.2 Å². The maximum Gasteiger partial charge on any atom is 0.256 e. The Morgan fingerprint density at radius 2 is 2.00 bits per heavy atom. The van der Waals surface area contributed by atoms with E-state index in [-0.39, 0.29) is 5.91 Å². The van der Waals surface area contributed by atoms with Crippen LogP contribution in [0.4, 0.5) is 5.69 Å². The maximum absolute atomic E-state index is 12.5. The third-order valence-electron chi connectivity index (χ3n) is 3.48. The highest BCUT2D eigenvalue weighted by atomic mass is 16.5. The van der Waals surface area contributed by atoms with E-state index in [0.717, 1.165) is 29.8 Å². The molecule has 1 N–H and O–H groups in total. The average Bonchev–Trinajstić information content (AvgIpc) is 2.45. The Balaban J connectivity index is 2.83. The number of benzene rings is 1.